The summed E-state index contributed by atoms with van der Waals surface area (Å²) < 4.78 is 5.18. The third-order valence-corrected chi connectivity index (χ3v) is 5.72. The van der Waals surface area contributed by atoms with E-state index >= 15 is 0 Å². The van der Waals surface area contributed by atoms with Crippen LogP contribution in [-0.4, -0.2) is 23.6 Å². The number of rotatable bonds is 6. The van der Waals surface area contributed by atoms with Gasteiger partial charge in [-0.2, -0.15) is 5.26 Å². The zero-order chi connectivity index (χ0) is 18.5. The van der Waals surface area contributed by atoms with Crippen molar-refractivity contribution in [3.63, 3.8) is 0 Å². The van der Waals surface area contributed by atoms with Crippen LogP contribution >= 0.6 is 11.8 Å². The molecule has 0 fully saturated rings. The molecule has 0 aliphatic heterocycles. The molecule has 1 aliphatic rings. The van der Waals surface area contributed by atoms with E-state index in [9.17, 15) is 10.1 Å². The summed E-state index contributed by atoms with van der Waals surface area (Å²) >= 11 is 1.37. The molecule has 3 rings (SSSR count). The first-order valence-electron chi connectivity index (χ1n) is 8.92. The van der Waals surface area contributed by atoms with Crippen molar-refractivity contribution < 1.29 is 9.53 Å². The Balaban J connectivity index is 1.85. The molecule has 134 valence electrons. The number of nitriles is 1. The lowest BCUT2D eigenvalue weighted by molar-refractivity contribution is 0.102. The zero-order valence-electron chi connectivity index (χ0n) is 15.2. The summed E-state index contributed by atoms with van der Waals surface area (Å²) in [7, 11) is 1.58. The Labute approximate surface area is 158 Å². The second kappa shape index (κ2) is 8.37. The number of ketones is 1. The minimum atomic E-state index is 0.00959. The minimum absolute atomic E-state index is 0.00959. The molecule has 0 atom stereocenters. The summed E-state index contributed by atoms with van der Waals surface area (Å²) in [6.07, 6.45) is 5.07. The first-order valence-corrected chi connectivity index (χ1v) is 9.91. The van der Waals surface area contributed by atoms with Crippen molar-refractivity contribution in [1.82, 2.24) is 4.98 Å². The molecule has 26 heavy (non-hydrogen) atoms. The fourth-order valence-corrected chi connectivity index (χ4v) is 4.32. The second-order valence-corrected chi connectivity index (χ2v) is 7.28. The number of nitrogens with zero attached hydrogens (tertiary/aromatic N) is 2. The van der Waals surface area contributed by atoms with Crippen LogP contribution in [0.3, 0.4) is 0 Å². The molecule has 0 bridgehead atoms. The van der Waals surface area contributed by atoms with Crippen molar-refractivity contribution in [1.29, 1.82) is 5.26 Å². The van der Waals surface area contributed by atoms with E-state index in [1.165, 1.54) is 17.3 Å². The van der Waals surface area contributed by atoms with Crippen LogP contribution in [-0.2, 0) is 19.3 Å². The fraction of sp³-hybridized carbons (Fsp3) is 0.381. The Morgan fingerprint density at radius 3 is 2.77 bits per heavy atom. The lowest BCUT2D eigenvalue weighted by atomic mass is 9.87. The molecule has 2 aromatic rings. The predicted octanol–water partition coefficient (Wildman–Crippen LogP) is 4.38. The van der Waals surface area contributed by atoms with Crippen LogP contribution in [0.2, 0.25) is 0 Å². The van der Waals surface area contributed by atoms with E-state index in [0.717, 1.165) is 43.4 Å². The molecule has 0 spiro atoms. The molecule has 0 amide bonds. The monoisotopic (exact) mass is 366 g/mol. The molecule has 0 saturated heterocycles. The molecule has 4 nitrogen and oxygen atoms in total. The number of aryl methyl sites for hydroxylation is 1. The van der Waals surface area contributed by atoms with Crippen molar-refractivity contribution in [3.8, 4) is 11.8 Å². The maximum absolute atomic E-state index is 12.5. The predicted molar refractivity (Wildman–Crippen MR) is 103 cm³/mol. The van der Waals surface area contributed by atoms with Gasteiger partial charge in [0, 0.05) is 11.3 Å². The van der Waals surface area contributed by atoms with Gasteiger partial charge in [0.05, 0.1) is 18.4 Å². The summed E-state index contributed by atoms with van der Waals surface area (Å²) in [5.41, 5.74) is 4.78. The van der Waals surface area contributed by atoms with E-state index in [0.29, 0.717) is 21.9 Å². The van der Waals surface area contributed by atoms with Crippen molar-refractivity contribution in [2.75, 3.05) is 12.9 Å². The SMILES string of the molecule is CCc1nc(SCC(=O)c2cccc(OC)c2)c(C#N)c2c1CCCC2. The Morgan fingerprint density at radius 1 is 1.31 bits per heavy atom. The van der Waals surface area contributed by atoms with Gasteiger partial charge in [0.1, 0.15) is 16.8 Å². The van der Waals surface area contributed by atoms with E-state index in [1.807, 2.05) is 12.1 Å². The van der Waals surface area contributed by atoms with Crippen LogP contribution in [0, 0.1) is 11.3 Å². The number of Topliss-reactive ketones (excluding diaryl/α,β-unsaturated/α-hetero) is 1. The third kappa shape index (κ3) is 3.76. The Bertz CT molecular complexity index is 871. The quantitative estimate of drug-likeness (QED) is 0.561. The molecule has 0 unspecified atom stereocenters. The first kappa shape index (κ1) is 18.5. The highest BCUT2D eigenvalue weighted by Crippen LogP contribution is 2.33. The number of aromatic nitrogens is 1. The number of pyridine rings is 1. The smallest absolute Gasteiger partial charge is 0.173 e. The van der Waals surface area contributed by atoms with E-state index in [-0.39, 0.29) is 11.5 Å². The molecule has 1 aliphatic carbocycles. The van der Waals surface area contributed by atoms with Crippen LogP contribution in [0.1, 0.15) is 52.5 Å². The van der Waals surface area contributed by atoms with Gasteiger partial charge in [0.15, 0.2) is 5.78 Å². The van der Waals surface area contributed by atoms with Crippen molar-refractivity contribution in [2.24, 2.45) is 0 Å². The Morgan fingerprint density at radius 2 is 2.08 bits per heavy atom. The lowest BCUT2D eigenvalue weighted by Crippen LogP contribution is -2.13. The number of fused-ring (bicyclic) bond motifs is 1. The highest BCUT2D eigenvalue weighted by atomic mass is 32.2. The van der Waals surface area contributed by atoms with Crippen molar-refractivity contribution in [3.05, 3.63) is 52.2 Å². The standard InChI is InChI=1S/C21H22N2O2S/c1-3-19-17-10-5-4-9-16(17)18(12-22)21(23-19)26-13-20(24)14-7-6-8-15(11-14)25-2/h6-8,11H,3-5,9-10,13H2,1-2H3. The van der Waals surface area contributed by atoms with Crippen molar-refractivity contribution in [2.45, 2.75) is 44.1 Å². The van der Waals surface area contributed by atoms with Crippen LogP contribution in [0.25, 0.3) is 0 Å². The molecular weight excluding hydrogens is 344 g/mol. The van der Waals surface area contributed by atoms with Gasteiger partial charge < -0.3 is 4.74 Å². The van der Waals surface area contributed by atoms with E-state index in [1.54, 1.807) is 19.2 Å². The fourth-order valence-electron chi connectivity index (χ4n) is 3.40. The maximum atomic E-state index is 12.5. The van der Waals surface area contributed by atoms with Gasteiger partial charge in [-0.3, -0.25) is 4.79 Å². The Hall–Kier alpha value is -2.32. The molecule has 0 saturated carbocycles. The summed E-state index contributed by atoms with van der Waals surface area (Å²) in [6.45, 7) is 2.10. The normalized spacial score (nSPS) is 13.0. The third-order valence-electron chi connectivity index (χ3n) is 4.75. The average Bonchev–Trinajstić information content (AvgIpc) is 2.71. The number of benzene rings is 1. The summed E-state index contributed by atoms with van der Waals surface area (Å²) in [4.78, 5) is 17.3. The number of hydrogen-bond donors (Lipinski definition) is 0. The van der Waals surface area contributed by atoms with Gasteiger partial charge in [0.2, 0.25) is 0 Å². The van der Waals surface area contributed by atoms with Gasteiger partial charge in [0.25, 0.3) is 0 Å². The molecule has 1 aromatic heterocycles. The number of carbonyl (C=O) groups is 1. The first-order chi connectivity index (χ1) is 12.7. The lowest BCUT2D eigenvalue weighted by Gasteiger charge is -2.21. The molecule has 1 aromatic carbocycles. The van der Waals surface area contributed by atoms with Gasteiger partial charge in [-0.15, -0.1) is 0 Å². The van der Waals surface area contributed by atoms with Crippen LogP contribution in [0.4, 0.5) is 0 Å². The average molecular weight is 366 g/mol. The summed E-state index contributed by atoms with van der Waals surface area (Å²) in [5, 5.41) is 10.4. The molecule has 1 heterocycles. The van der Waals surface area contributed by atoms with Crippen LogP contribution in [0.15, 0.2) is 29.3 Å². The van der Waals surface area contributed by atoms with Gasteiger partial charge in [-0.25, -0.2) is 4.98 Å². The molecule has 5 heteroatoms. The van der Waals surface area contributed by atoms with E-state index in [2.05, 4.69) is 13.0 Å². The van der Waals surface area contributed by atoms with Gasteiger partial charge in [-0.1, -0.05) is 30.8 Å². The largest absolute Gasteiger partial charge is 0.497 e. The number of carbonyl (C=O) groups excluding carboxylic acids is 1. The topological polar surface area (TPSA) is 63.0 Å². The number of thioether (sulfide) groups is 1. The van der Waals surface area contributed by atoms with Crippen LogP contribution in [0.5, 0.6) is 5.75 Å². The van der Waals surface area contributed by atoms with E-state index < -0.39 is 0 Å². The number of hydrogen-bond acceptors (Lipinski definition) is 5. The zero-order valence-corrected chi connectivity index (χ0v) is 16.0. The van der Waals surface area contributed by atoms with Crippen LogP contribution < -0.4 is 4.74 Å². The van der Waals surface area contributed by atoms with Crippen molar-refractivity contribution >= 4 is 17.5 Å². The van der Waals surface area contributed by atoms with Gasteiger partial charge >= 0.3 is 0 Å². The molecular formula is C21H22N2O2S. The second-order valence-electron chi connectivity index (χ2n) is 6.31. The minimum Gasteiger partial charge on any atom is -0.497 e. The molecule has 0 radical (unpaired) electrons. The maximum Gasteiger partial charge on any atom is 0.173 e. The van der Waals surface area contributed by atoms with E-state index in [4.69, 9.17) is 9.72 Å². The molecule has 0 N–H and O–H groups in total. The summed E-state index contributed by atoms with van der Waals surface area (Å²) in [5.74, 6) is 0.936. The highest BCUT2D eigenvalue weighted by molar-refractivity contribution is 8.00. The number of ether oxygens (including phenoxy) is 1. The summed E-state index contributed by atoms with van der Waals surface area (Å²) in [6, 6.07) is 9.50. The number of methoxy groups -OCH3 is 1. The Kier molecular flexibility index (Phi) is 5.95. The van der Waals surface area contributed by atoms with Gasteiger partial charge in [-0.05, 0) is 55.4 Å². The highest BCUT2D eigenvalue weighted by Gasteiger charge is 2.22.